The Hall–Kier alpha value is -3.78. The molecule has 0 spiro atoms. The molecule has 2 heterocycles. The molecule has 4 aromatic rings. The molecule has 8 heteroatoms. The van der Waals surface area contributed by atoms with Gasteiger partial charge in [0.25, 0.3) is 5.91 Å². The number of hydrogen-bond donors (Lipinski definition) is 3. The number of carbonyl (C=O) groups is 1. The van der Waals surface area contributed by atoms with E-state index in [0.29, 0.717) is 22.9 Å². The number of aryl methyl sites for hydroxylation is 1. The first-order valence-corrected chi connectivity index (χ1v) is 10.3. The maximum Gasteiger partial charge on any atom is 0.256 e. The highest BCUT2D eigenvalue weighted by Gasteiger charge is 2.09. The summed E-state index contributed by atoms with van der Waals surface area (Å²) in [5.74, 6) is 1.81. The van der Waals surface area contributed by atoms with E-state index in [4.69, 9.17) is 0 Å². The second kappa shape index (κ2) is 9.36. The molecular weight excluding hydrogens is 456 g/mol. The molecule has 0 unspecified atom stereocenters. The molecule has 0 aliphatic heterocycles. The van der Waals surface area contributed by atoms with E-state index in [9.17, 15) is 4.79 Å². The van der Waals surface area contributed by atoms with E-state index in [1.54, 1.807) is 18.3 Å². The molecule has 0 aliphatic carbocycles. The summed E-state index contributed by atoms with van der Waals surface area (Å²) < 4.78 is 0.750. The number of pyridine rings is 1. The Balaban J connectivity index is 1.41. The van der Waals surface area contributed by atoms with Crippen LogP contribution in [0.3, 0.4) is 0 Å². The highest BCUT2D eigenvalue weighted by atomic mass is 79.9. The Kier molecular flexibility index (Phi) is 6.18. The van der Waals surface area contributed by atoms with Gasteiger partial charge in [0, 0.05) is 28.1 Å². The van der Waals surface area contributed by atoms with Crippen molar-refractivity contribution < 1.29 is 4.79 Å². The van der Waals surface area contributed by atoms with Crippen LogP contribution >= 0.6 is 15.9 Å². The SMILES string of the molecule is Cc1ccnc(Nc2cc(Nc3ccc(NC(=O)c4ccccc4Br)cc3)ncn2)c1. The Morgan fingerprint density at radius 2 is 1.48 bits per heavy atom. The van der Waals surface area contributed by atoms with Crippen LogP contribution in [0.25, 0.3) is 0 Å². The van der Waals surface area contributed by atoms with Gasteiger partial charge in [-0.15, -0.1) is 0 Å². The number of halogens is 1. The van der Waals surface area contributed by atoms with Gasteiger partial charge in [0.1, 0.15) is 23.8 Å². The monoisotopic (exact) mass is 474 g/mol. The number of benzene rings is 2. The number of rotatable bonds is 6. The molecular formula is C23H19BrN6O. The molecule has 7 nitrogen and oxygen atoms in total. The summed E-state index contributed by atoms with van der Waals surface area (Å²) >= 11 is 3.40. The van der Waals surface area contributed by atoms with E-state index >= 15 is 0 Å². The molecule has 0 atom stereocenters. The average molecular weight is 475 g/mol. The smallest absolute Gasteiger partial charge is 0.256 e. The van der Waals surface area contributed by atoms with Crippen molar-refractivity contribution in [2.24, 2.45) is 0 Å². The van der Waals surface area contributed by atoms with Gasteiger partial charge in [0.15, 0.2) is 0 Å². The van der Waals surface area contributed by atoms with Crippen LogP contribution in [0.4, 0.5) is 28.8 Å². The second-order valence-corrected chi connectivity index (χ2v) is 7.62. The molecule has 154 valence electrons. The van der Waals surface area contributed by atoms with Gasteiger partial charge < -0.3 is 16.0 Å². The zero-order valence-electron chi connectivity index (χ0n) is 16.6. The van der Waals surface area contributed by atoms with Crippen molar-refractivity contribution in [3.63, 3.8) is 0 Å². The molecule has 0 radical (unpaired) electrons. The predicted octanol–water partition coefficient (Wildman–Crippen LogP) is 5.68. The Morgan fingerprint density at radius 3 is 2.23 bits per heavy atom. The van der Waals surface area contributed by atoms with E-state index in [2.05, 4.69) is 46.8 Å². The maximum atomic E-state index is 12.4. The fourth-order valence-corrected chi connectivity index (χ4v) is 3.32. The van der Waals surface area contributed by atoms with Crippen LogP contribution in [-0.2, 0) is 0 Å². The van der Waals surface area contributed by atoms with Gasteiger partial charge in [-0.25, -0.2) is 15.0 Å². The van der Waals surface area contributed by atoms with Gasteiger partial charge in [-0.2, -0.15) is 0 Å². The number of nitrogens with one attached hydrogen (secondary N) is 3. The van der Waals surface area contributed by atoms with Crippen molar-refractivity contribution in [2.75, 3.05) is 16.0 Å². The van der Waals surface area contributed by atoms with Gasteiger partial charge in [0.05, 0.1) is 5.56 Å². The van der Waals surface area contributed by atoms with Crippen molar-refractivity contribution in [1.29, 1.82) is 0 Å². The summed E-state index contributed by atoms with van der Waals surface area (Å²) in [4.78, 5) is 25.2. The molecule has 2 aromatic heterocycles. The number of nitrogens with zero attached hydrogens (tertiary/aromatic N) is 3. The summed E-state index contributed by atoms with van der Waals surface area (Å²) in [5, 5.41) is 9.29. The van der Waals surface area contributed by atoms with E-state index in [1.165, 1.54) is 6.33 Å². The zero-order chi connectivity index (χ0) is 21.6. The fourth-order valence-electron chi connectivity index (χ4n) is 2.86. The fraction of sp³-hybridized carbons (Fsp3) is 0.0435. The predicted molar refractivity (Wildman–Crippen MR) is 126 cm³/mol. The van der Waals surface area contributed by atoms with Crippen LogP contribution < -0.4 is 16.0 Å². The number of hydrogen-bond acceptors (Lipinski definition) is 6. The summed E-state index contributed by atoms with van der Waals surface area (Å²) in [6.07, 6.45) is 3.22. The van der Waals surface area contributed by atoms with Crippen molar-refractivity contribution in [1.82, 2.24) is 15.0 Å². The second-order valence-electron chi connectivity index (χ2n) is 6.77. The van der Waals surface area contributed by atoms with Gasteiger partial charge in [-0.05, 0) is 76.9 Å². The molecule has 0 saturated carbocycles. The van der Waals surface area contributed by atoms with Crippen molar-refractivity contribution in [3.05, 3.63) is 94.9 Å². The van der Waals surface area contributed by atoms with Crippen molar-refractivity contribution in [2.45, 2.75) is 6.92 Å². The van der Waals surface area contributed by atoms with Gasteiger partial charge in [0.2, 0.25) is 0 Å². The Bertz CT molecular complexity index is 1210. The van der Waals surface area contributed by atoms with E-state index < -0.39 is 0 Å². The third-order valence-electron chi connectivity index (χ3n) is 4.37. The Morgan fingerprint density at radius 1 is 0.806 bits per heavy atom. The van der Waals surface area contributed by atoms with Crippen LogP contribution in [-0.4, -0.2) is 20.9 Å². The van der Waals surface area contributed by atoms with Gasteiger partial charge >= 0.3 is 0 Å². The standard InChI is InChI=1S/C23H19BrN6O/c1-15-10-11-25-20(12-15)30-22-13-21(26-14-27-22)28-16-6-8-17(9-7-16)29-23(31)18-4-2-3-5-19(18)24/h2-14H,1H3,(H,29,31)(H2,25,26,27,28,30). The summed E-state index contributed by atoms with van der Waals surface area (Å²) in [6.45, 7) is 2.00. The summed E-state index contributed by atoms with van der Waals surface area (Å²) in [7, 11) is 0. The third-order valence-corrected chi connectivity index (χ3v) is 5.06. The minimum absolute atomic E-state index is 0.176. The lowest BCUT2D eigenvalue weighted by Gasteiger charge is -2.10. The number of anilines is 5. The molecule has 0 bridgehead atoms. The van der Waals surface area contributed by atoms with Gasteiger partial charge in [-0.3, -0.25) is 4.79 Å². The lowest BCUT2D eigenvalue weighted by Crippen LogP contribution is -2.12. The molecule has 2 aromatic carbocycles. The lowest BCUT2D eigenvalue weighted by atomic mass is 10.2. The molecule has 3 N–H and O–H groups in total. The summed E-state index contributed by atoms with van der Waals surface area (Å²) in [5.41, 5.74) is 3.21. The Labute approximate surface area is 188 Å². The largest absolute Gasteiger partial charge is 0.340 e. The molecule has 0 fully saturated rings. The minimum atomic E-state index is -0.176. The molecule has 0 aliphatic rings. The lowest BCUT2D eigenvalue weighted by molar-refractivity contribution is 0.102. The van der Waals surface area contributed by atoms with E-state index in [1.807, 2.05) is 61.5 Å². The van der Waals surface area contributed by atoms with Crippen LogP contribution in [0.15, 0.2) is 83.7 Å². The first-order chi connectivity index (χ1) is 15.1. The topological polar surface area (TPSA) is 91.8 Å². The quantitative estimate of drug-likeness (QED) is 0.332. The highest BCUT2D eigenvalue weighted by molar-refractivity contribution is 9.10. The number of amides is 1. The normalized spacial score (nSPS) is 10.4. The average Bonchev–Trinajstić information content (AvgIpc) is 2.76. The van der Waals surface area contributed by atoms with Crippen LogP contribution in [0, 0.1) is 6.92 Å². The van der Waals surface area contributed by atoms with Crippen molar-refractivity contribution >= 4 is 50.7 Å². The van der Waals surface area contributed by atoms with Crippen molar-refractivity contribution in [3.8, 4) is 0 Å². The molecule has 31 heavy (non-hydrogen) atoms. The third kappa shape index (κ3) is 5.43. The van der Waals surface area contributed by atoms with Gasteiger partial charge in [-0.1, -0.05) is 12.1 Å². The minimum Gasteiger partial charge on any atom is -0.340 e. The molecule has 1 amide bonds. The first-order valence-electron chi connectivity index (χ1n) is 9.51. The highest BCUT2D eigenvalue weighted by Crippen LogP contribution is 2.22. The zero-order valence-corrected chi connectivity index (χ0v) is 18.2. The van der Waals surface area contributed by atoms with E-state index in [0.717, 1.165) is 21.5 Å². The summed E-state index contributed by atoms with van der Waals surface area (Å²) in [6, 6.07) is 20.4. The number of carbonyl (C=O) groups excluding carboxylic acids is 1. The molecule has 0 saturated heterocycles. The van der Waals surface area contributed by atoms with Crippen LogP contribution in [0.1, 0.15) is 15.9 Å². The van der Waals surface area contributed by atoms with Crippen LogP contribution in [0.2, 0.25) is 0 Å². The number of aromatic nitrogens is 3. The molecule has 4 rings (SSSR count). The first kappa shape index (κ1) is 20.5. The van der Waals surface area contributed by atoms with Crippen LogP contribution in [0.5, 0.6) is 0 Å². The van der Waals surface area contributed by atoms with E-state index in [-0.39, 0.29) is 5.91 Å². The maximum absolute atomic E-state index is 12.4.